The lowest BCUT2D eigenvalue weighted by Gasteiger charge is -2.41. The number of benzene rings is 2. The van der Waals surface area contributed by atoms with E-state index in [4.69, 9.17) is 21.4 Å². The zero-order chi connectivity index (χ0) is 29.5. The number of carbonyl (C=O) groups excluding carboxylic acids is 1. The van der Waals surface area contributed by atoms with Crippen molar-refractivity contribution in [3.63, 3.8) is 0 Å². The van der Waals surface area contributed by atoms with Gasteiger partial charge in [0.25, 0.3) is 5.91 Å². The van der Waals surface area contributed by atoms with Crippen LogP contribution in [0.4, 0.5) is 5.69 Å². The fourth-order valence-electron chi connectivity index (χ4n) is 6.56. The molecule has 2 aromatic rings. The lowest BCUT2D eigenvalue weighted by Crippen LogP contribution is -2.40. The Balaban J connectivity index is 0.00000189. The highest BCUT2D eigenvalue weighted by atomic mass is 35.5. The Hall–Kier alpha value is -2.09. The van der Waals surface area contributed by atoms with Crippen LogP contribution in [0.3, 0.4) is 0 Å². The van der Waals surface area contributed by atoms with Gasteiger partial charge in [0.2, 0.25) is 0 Å². The molecule has 1 saturated carbocycles. The van der Waals surface area contributed by atoms with Gasteiger partial charge >= 0.3 is 0 Å². The SMILES string of the molecule is CCCc1cc(Cl)ccc1C1COc2ccc3cc2N(C1)CC1CCC1CCCCC(C)C(C)S(=O)NC3=O.CO. The van der Waals surface area contributed by atoms with Crippen LogP contribution in [0.5, 0.6) is 5.75 Å². The minimum Gasteiger partial charge on any atom is -0.491 e. The molecule has 226 valence electrons. The molecule has 2 heterocycles. The van der Waals surface area contributed by atoms with E-state index >= 15 is 0 Å². The molecule has 0 saturated heterocycles. The predicted octanol–water partition coefficient (Wildman–Crippen LogP) is 6.90. The number of halogens is 1. The molecular weight excluding hydrogens is 556 g/mol. The number of ether oxygens (including phenoxy) is 1. The van der Waals surface area contributed by atoms with Gasteiger partial charge in [-0.1, -0.05) is 57.2 Å². The number of anilines is 1. The normalized spacial score (nSPS) is 28.5. The fraction of sp³-hybridized carbons (Fsp3) is 0.606. The summed E-state index contributed by atoms with van der Waals surface area (Å²) in [4.78, 5) is 15.7. The summed E-state index contributed by atoms with van der Waals surface area (Å²) in [7, 11) is -0.427. The third-order valence-corrected chi connectivity index (χ3v) is 11.1. The van der Waals surface area contributed by atoms with Crippen LogP contribution in [0.25, 0.3) is 0 Å². The summed E-state index contributed by atoms with van der Waals surface area (Å²) in [5, 5.41) is 7.69. The molecule has 2 aliphatic heterocycles. The molecule has 8 heteroatoms. The van der Waals surface area contributed by atoms with Gasteiger partial charge in [-0.15, -0.1) is 0 Å². The van der Waals surface area contributed by atoms with Crippen molar-refractivity contribution in [3.05, 3.63) is 58.1 Å². The van der Waals surface area contributed by atoms with E-state index in [0.29, 0.717) is 24.0 Å². The van der Waals surface area contributed by atoms with Crippen molar-refractivity contribution in [3.8, 4) is 5.75 Å². The highest BCUT2D eigenvalue weighted by Crippen LogP contribution is 2.43. The van der Waals surface area contributed by atoms with Crippen molar-refractivity contribution >= 4 is 34.2 Å². The number of nitrogens with zero attached hydrogens (tertiary/aromatic N) is 1. The van der Waals surface area contributed by atoms with Crippen molar-refractivity contribution < 1.29 is 18.8 Å². The molecule has 0 aromatic heterocycles. The average molecular weight is 603 g/mol. The first-order chi connectivity index (χ1) is 19.8. The fourth-order valence-corrected chi connectivity index (χ4v) is 7.80. The Morgan fingerprint density at radius 1 is 1.02 bits per heavy atom. The molecule has 2 aromatic carbocycles. The van der Waals surface area contributed by atoms with E-state index in [1.54, 1.807) is 6.07 Å². The second-order valence-corrected chi connectivity index (χ2v) is 14.0. The van der Waals surface area contributed by atoms with Gasteiger partial charge in [0.15, 0.2) is 0 Å². The molecule has 3 aliphatic rings. The first-order valence-electron chi connectivity index (χ1n) is 15.3. The average Bonchev–Trinajstić information content (AvgIpc) is 3.14. The number of aliphatic hydroxyl groups is 1. The van der Waals surface area contributed by atoms with Gasteiger partial charge in [-0.2, -0.15) is 0 Å². The van der Waals surface area contributed by atoms with Gasteiger partial charge in [-0.25, -0.2) is 4.21 Å². The molecule has 5 rings (SSSR count). The monoisotopic (exact) mass is 602 g/mol. The van der Waals surface area contributed by atoms with Crippen LogP contribution in [-0.2, 0) is 17.4 Å². The minimum atomic E-state index is -1.43. The number of carbonyl (C=O) groups is 1. The molecule has 2 bridgehead atoms. The smallest absolute Gasteiger partial charge is 0.263 e. The zero-order valence-corrected chi connectivity index (χ0v) is 26.6. The van der Waals surface area contributed by atoms with Crippen LogP contribution < -0.4 is 14.4 Å². The van der Waals surface area contributed by atoms with E-state index in [9.17, 15) is 9.00 Å². The topological polar surface area (TPSA) is 78.9 Å². The largest absolute Gasteiger partial charge is 0.491 e. The molecule has 1 fully saturated rings. The molecule has 6 atom stereocenters. The summed E-state index contributed by atoms with van der Waals surface area (Å²) in [5.41, 5.74) is 4.11. The summed E-state index contributed by atoms with van der Waals surface area (Å²) in [6, 6.07) is 12.0. The van der Waals surface area contributed by atoms with Crippen LogP contribution in [0.2, 0.25) is 5.02 Å². The van der Waals surface area contributed by atoms with Crippen molar-refractivity contribution in [2.75, 3.05) is 31.7 Å². The van der Waals surface area contributed by atoms with Gasteiger partial charge in [-0.05, 0) is 91.8 Å². The Kier molecular flexibility index (Phi) is 11.6. The minimum absolute atomic E-state index is 0.0867. The first kappa shape index (κ1) is 31.8. The number of nitrogens with one attached hydrogen (secondary N) is 1. The molecular formula is C33H47ClN2O4S. The summed E-state index contributed by atoms with van der Waals surface area (Å²) in [6.45, 7) is 8.74. The van der Waals surface area contributed by atoms with Crippen molar-refractivity contribution in [1.82, 2.24) is 4.72 Å². The van der Waals surface area contributed by atoms with Gasteiger partial charge in [0, 0.05) is 36.7 Å². The molecule has 41 heavy (non-hydrogen) atoms. The maximum absolute atomic E-state index is 13.2. The third-order valence-electron chi connectivity index (χ3n) is 9.35. The molecule has 0 spiro atoms. The molecule has 1 amide bonds. The summed E-state index contributed by atoms with van der Waals surface area (Å²) in [6.07, 6.45) is 9.30. The number of amides is 1. The summed E-state index contributed by atoms with van der Waals surface area (Å²) >= 11 is 6.39. The molecule has 6 nitrogen and oxygen atoms in total. The number of hydrogen-bond donors (Lipinski definition) is 2. The van der Waals surface area contributed by atoms with Crippen LogP contribution in [0.1, 0.15) is 93.1 Å². The standard InChI is InChI=1S/C32H43ClN2O3S.CH4O/c1-4-7-24-16-28(33)13-14-29(24)27-19-35-18-26-11-10-23(26)9-6-5-8-21(2)22(3)39(37)34-32(36)25-12-15-31(38-20-27)30(35)17-25;1-2/h12-17,21-23,26-27H,4-11,18-20H2,1-3H3,(H,34,36);2H,1H3. The van der Waals surface area contributed by atoms with E-state index in [2.05, 4.69) is 35.6 Å². The quantitative estimate of drug-likeness (QED) is 0.399. The van der Waals surface area contributed by atoms with Gasteiger partial charge in [-0.3, -0.25) is 9.52 Å². The van der Waals surface area contributed by atoms with E-state index in [1.165, 1.54) is 36.8 Å². The lowest BCUT2D eigenvalue weighted by atomic mass is 9.70. The van der Waals surface area contributed by atoms with Gasteiger partial charge in [0.1, 0.15) is 16.7 Å². The number of aliphatic hydroxyl groups excluding tert-OH is 1. The Labute approximate surface area is 253 Å². The number of rotatable bonds is 3. The number of fused-ring (bicyclic) bond motifs is 2. The van der Waals surface area contributed by atoms with Crippen molar-refractivity contribution in [2.45, 2.75) is 83.3 Å². The van der Waals surface area contributed by atoms with Crippen LogP contribution in [0, 0.1) is 17.8 Å². The molecule has 2 N–H and O–H groups in total. The second-order valence-electron chi connectivity index (χ2n) is 12.0. The van der Waals surface area contributed by atoms with E-state index < -0.39 is 11.0 Å². The van der Waals surface area contributed by atoms with Crippen molar-refractivity contribution in [2.24, 2.45) is 17.8 Å². The Morgan fingerprint density at radius 2 is 1.78 bits per heavy atom. The van der Waals surface area contributed by atoms with Gasteiger partial charge in [0.05, 0.1) is 17.5 Å². The van der Waals surface area contributed by atoms with Crippen molar-refractivity contribution in [1.29, 1.82) is 0 Å². The summed E-state index contributed by atoms with van der Waals surface area (Å²) in [5.74, 6) is 2.45. The van der Waals surface area contributed by atoms with Crippen LogP contribution in [-0.4, -0.2) is 47.3 Å². The predicted molar refractivity (Wildman–Crippen MR) is 169 cm³/mol. The number of hydrogen-bond acceptors (Lipinski definition) is 5. The van der Waals surface area contributed by atoms with E-state index in [0.717, 1.165) is 68.3 Å². The maximum atomic E-state index is 13.2. The van der Waals surface area contributed by atoms with E-state index in [1.807, 2.05) is 25.1 Å². The van der Waals surface area contributed by atoms with Crippen LogP contribution in [0.15, 0.2) is 36.4 Å². The third kappa shape index (κ3) is 7.66. The van der Waals surface area contributed by atoms with Gasteiger partial charge < -0.3 is 14.7 Å². The Bertz CT molecular complexity index is 1210. The second kappa shape index (κ2) is 14.9. The Morgan fingerprint density at radius 3 is 2.51 bits per heavy atom. The maximum Gasteiger partial charge on any atom is 0.263 e. The summed E-state index contributed by atoms with van der Waals surface area (Å²) < 4.78 is 22.3. The lowest BCUT2D eigenvalue weighted by molar-refractivity contribution is 0.0982. The highest BCUT2D eigenvalue weighted by molar-refractivity contribution is 7.84. The highest BCUT2D eigenvalue weighted by Gasteiger charge is 2.35. The van der Waals surface area contributed by atoms with E-state index in [-0.39, 0.29) is 17.1 Å². The first-order valence-corrected chi connectivity index (χ1v) is 16.9. The number of aryl methyl sites for hydroxylation is 1. The molecule has 6 unspecified atom stereocenters. The molecule has 0 radical (unpaired) electrons. The zero-order valence-electron chi connectivity index (χ0n) is 25.0. The van der Waals surface area contributed by atoms with Crippen LogP contribution >= 0.6 is 11.6 Å². The molecule has 1 aliphatic carbocycles.